The number of rotatable bonds is 1. The number of nitrogens with two attached hydrogens (primary N) is 1. The summed E-state index contributed by atoms with van der Waals surface area (Å²) in [6.45, 7) is 0. The van der Waals surface area contributed by atoms with E-state index in [4.69, 9.17) is 10.8 Å². The van der Waals surface area contributed by atoms with Crippen LogP contribution in [0.3, 0.4) is 0 Å². The van der Waals surface area contributed by atoms with Crippen LogP contribution in [0, 0.1) is 0 Å². The standard InChI is InChI=1S/C5H6N4O2/c6-3-1-2-7-4(8-3)9-5(10)11/h1-2H,(H,10,11)(H3,6,7,8,9). The third-order valence-electron chi connectivity index (χ3n) is 0.896. The van der Waals surface area contributed by atoms with Crippen molar-refractivity contribution in [2.75, 3.05) is 11.1 Å². The van der Waals surface area contributed by atoms with Crippen molar-refractivity contribution in [1.82, 2.24) is 9.97 Å². The average Bonchev–Trinajstić information content (AvgIpc) is 1.85. The molecule has 1 amide bonds. The van der Waals surface area contributed by atoms with Gasteiger partial charge in [0.15, 0.2) is 0 Å². The second kappa shape index (κ2) is 2.82. The molecule has 1 heterocycles. The Morgan fingerprint density at radius 2 is 2.45 bits per heavy atom. The van der Waals surface area contributed by atoms with E-state index in [9.17, 15) is 4.79 Å². The summed E-state index contributed by atoms with van der Waals surface area (Å²) >= 11 is 0. The lowest BCUT2D eigenvalue weighted by Crippen LogP contribution is -2.10. The monoisotopic (exact) mass is 154 g/mol. The van der Waals surface area contributed by atoms with Gasteiger partial charge in [0.05, 0.1) is 0 Å². The van der Waals surface area contributed by atoms with Gasteiger partial charge in [-0.15, -0.1) is 0 Å². The Morgan fingerprint density at radius 1 is 1.73 bits per heavy atom. The molecule has 0 aliphatic rings. The van der Waals surface area contributed by atoms with Crippen molar-refractivity contribution in [3.05, 3.63) is 12.3 Å². The number of anilines is 2. The topological polar surface area (TPSA) is 101 Å². The van der Waals surface area contributed by atoms with Crippen LogP contribution in [0.1, 0.15) is 0 Å². The highest BCUT2D eigenvalue weighted by Crippen LogP contribution is 1.99. The number of hydrogen-bond donors (Lipinski definition) is 3. The molecular weight excluding hydrogens is 148 g/mol. The van der Waals surface area contributed by atoms with Crippen molar-refractivity contribution in [1.29, 1.82) is 0 Å². The normalized spacial score (nSPS) is 9.09. The number of nitrogen functional groups attached to an aromatic ring is 1. The van der Waals surface area contributed by atoms with Crippen LogP contribution in [0.25, 0.3) is 0 Å². The van der Waals surface area contributed by atoms with Crippen molar-refractivity contribution < 1.29 is 9.90 Å². The first kappa shape index (κ1) is 7.26. The highest BCUT2D eigenvalue weighted by Gasteiger charge is 1.99. The van der Waals surface area contributed by atoms with Gasteiger partial charge in [-0.25, -0.2) is 9.78 Å². The largest absolute Gasteiger partial charge is 0.465 e. The van der Waals surface area contributed by atoms with Crippen molar-refractivity contribution in [3.8, 4) is 0 Å². The fraction of sp³-hybridized carbons (Fsp3) is 0. The molecule has 0 aromatic carbocycles. The highest BCUT2D eigenvalue weighted by atomic mass is 16.4. The molecule has 4 N–H and O–H groups in total. The third kappa shape index (κ3) is 2.09. The third-order valence-corrected chi connectivity index (χ3v) is 0.896. The van der Waals surface area contributed by atoms with E-state index in [0.717, 1.165) is 0 Å². The van der Waals surface area contributed by atoms with Crippen LogP contribution in [0.4, 0.5) is 16.6 Å². The van der Waals surface area contributed by atoms with Crippen LogP contribution in [0.15, 0.2) is 12.3 Å². The lowest BCUT2D eigenvalue weighted by molar-refractivity contribution is 0.209. The predicted molar refractivity (Wildman–Crippen MR) is 38.1 cm³/mol. The van der Waals surface area contributed by atoms with E-state index in [1.165, 1.54) is 12.3 Å². The number of nitrogens with one attached hydrogen (secondary N) is 1. The minimum atomic E-state index is -1.21. The molecule has 0 radical (unpaired) electrons. The number of hydrogen-bond acceptors (Lipinski definition) is 4. The van der Waals surface area contributed by atoms with Gasteiger partial charge >= 0.3 is 6.09 Å². The summed E-state index contributed by atoms with van der Waals surface area (Å²) in [5, 5.41) is 10.2. The fourth-order valence-electron chi connectivity index (χ4n) is 0.529. The average molecular weight is 154 g/mol. The molecule has 0 spiro atoms. The Balaban J connectivity index is 2.79. The fourth-order valence-corrected chi connectivity index (χ4v) is 0.529. The lowest BCUT2D eigenvalue weighted by atomic mass is 10.6. The Kier molecular flexibility index (Phi) is 1.86. The maximum Gasteiger partial charge on any atom is 0.411 e. The number of amides is 1. The van der Waals surface area contributed by atoms with Crippen molar-refractivity contribution in [3.63, 3.8) is 0 Å². The maximum atomic E-state index is 10.0. The molecule has 0 aliphatic heterocycles. The van der Waals surface area contributed by atoms with Crippen molar-refractivity contribution in [2.45, 2.75) is 0 Å². The molecule has 1 aromatic heterocycles. The zero-order chi connectivity index (χ0) is 8.27. The molecule has 0 saturated carbocycles. The zero-order valence-corrected chi connectivity index (χ0v) is 5.48. The molecule has 6 heteroatoms. The van der Waals surface area contributed by atoms with E-state index in [2.05, 4.69) is 9.97 Å². The molecule has 1 rings (SSSR count). The van der Waals surface area contributed by atoms with Gasteiger partial charge in [0.25, 0.3) is 0 Å². The van der Waals surface area contributed by atoms with Gasteiger partial charge in [0.1, 0.15) is 5.82 Å². The molecule has 6 nitrogen and oxygen atoms in total. The minimum Gasteiger partial charge on any atom is -0.465 e. The molecule has 1 aromatic rings. The predicted octanol–water partition coefficient (Wildman–Crippen LogP) is 0.149. The summed E-state index contributed by atoms with van der Waals surface area (Å²) in [5.41, 5.74) is 5.25. The minimum absolute atomic E-state index is 0.0162. The first-order valence-electron chi connectivity index (χ1n) is 2.77. The van der Waals surface area contributed by atoms with E-state index >= 15 is 0 Å². The SMILES string of the molecule is Nc1ccnc(NC(=O)O)n1. The first-order valence-corrected chi connectivity index (χ1v) is 2.77. The molecule has 0 unspecified atom stereocenters. The van der Waals surface area contributed by atoms with E-state index < -0.39 is 6.09 Å². The van der Waals surface area contributed by atoms with Gasteiger partial charge in [-0.1, -0.05) is 0 Å². The van der Waals surface area contributed by atoms with E-state index in [0.29, 0.717) is 0 Å². The summed E-state index contributed by atoms with van der Waals surface area (Å²) in [6, 6.07) is 1.47. The quantitative estimate of drug-likeness (QED) is 0.534. The molecule has 0 atom stereocenters. The van der Waals surface area contributed by atoms with Gasteiger partial charge in [0.2, 0.25) is 5.95 Å². The van der Waals surface area contributed by atoms with Crippen LogP contribution in [0.5, 0.6) is 0 Å². The van der Waals surface area contributed by atoms with Gasteiger partial charge < -0.3 is 10.8 Å². The molecule has 0 aliphatic carbocycles. The Bertz CT molecular complexity index is 275. The second-order valence-electron chi connectivity index (χ2n) is 1.74. The van der Waals surface area contributed by atoms with Crippen LogP contribution in [-0.2, 0) is 0 Å². The Hall–Kier alpha value is -1.85. The van der Waals surface area contributed by atoms with Gasteiger partial charge in [-0.3, -0.25) is 5.32 Å². The van der Waals surface area contributed by atoms with E-state index in [1.807, 2.05) is 5.32 Å². The molecule has 0 bridgehead atoms. The van der Waals surface area contributed by atoms with Gasteiger partial charge in [0, 0.05) is 6.20 Å². The summed E-state index contributed by atoms with van der Waals surface area (Å²) in [7, 11) is 0. The number of carbonyl (C=O) groups is 1. The molecular formula is C5H6N4O2. The maximum absolute atomic E-state index is 10.0. The van der Waals surface area contributed by atoms with Crippen LogP contribution < -0.4 is 11.1 Å². The number of carboxylic acid groups (broad SMARTS) is 1. The van der Waals surface area contributed by atoms with Crippen LogP contribution in [0.2, 0.25) is 0 Å². The van der Waals surface area contributed by atoms with Crippen LogP contribution >= 0.6 is 0 Å². The van der Waals surface area contributed by atoms with Crippen molar-refractivity contribution in [2.24, 2.45) is 0 Å². The number of aromatic nitrogens is 2. The first-order chi connectivity index (χ1) is 5.18. The van der Waals surface area contributed by atoms with E-state index in [-0.39, 0.29) is 11.8 Å². The number of nitrogens with zero attached hydrogens (tertiary/aromatic N) is 2. The lowest BCUT2D eigenvalue weighted by Gasteiger charge is -1.97. The zero-order valence-electron chi connectivity index (χ0n) is 5.48. The van der Waals surface area contributed by atoms with E-state index in [1.54, 1.807) is 0 Å². The Labute approximate surface area is 62.1 Å². The summed E-state index contributed by atoms with van der Waals surface area (Å²) < 4.78 is 0. The van der Waals surface area contributed by atoms with Crippen molar-refractivity contribution >= 4 is 17.9 Å². The summed E-state index contributed by atoms with van der Waals surface area (Å²) in [6.07, 6.45) is 0.156. The molecule has 0 saturated heterocycles. The molecule has 0 fully saturated rings. The Morgan fingerprint density at radius 3 is 3.00 bits per heavy atom. The second-order valence-corrected chi connectivity index (χ2v) is 1.74. The van der Waals surface area contributed by atoms with Gasteiger partial charge in [-0.05, 0) is 6.07 Å². The highest BCUT2D eigenvalue weighted by molar-refractivity contribution is 5.80. The summed E-state index contributed by atoms with van der Waals surface area (Å²) in [5.74, 6) is 0.209. The van der Waals surface area contributed by atoms with Crippen LogP contribution in [-0.4, -0.2) is 21.2 Å². The summed E-state index contributed by atoms with van der Waals surface area (Å²) in [4.78, 5) is 17.2. The molecule has 11 heavy (non-hydrogen) atoms. The van der Waals surface area contributed by atoms with Gasteiger partial charge in [-0.2, -0.15) is 4.98 Å². The molecule has 58 valence electrons. The smallest absolute Gasteiger partial charge is 0.411 e.